The van der Waals surface area contributed by atoms with Crippen LogP contribution in [0.2, 0.25) is 5.02 Å². The highest BCUT2D eigenvalue weighted by molar-refractivity contribution is 6.30. The maximum Gasteiger partial charge on any atom is 0.310 e. The van der Waals surface area contributed by atoms with Crippen LogP contribution in [0.4, 0.5) is 0 Å². The molecule has 0 bridgehead atoms. The van der Waals surface area contributed by atoms with Gasteiger partial charge >= 0.3 is 5.97 Å². The molecule has 42 heavy (non-hydrogen) atoms. The summed E-state index contributed by atoms with van der Waals surface area (Å²) in [6.45, 7) is 3.98. The second-order valence-corrected chi connectivity index (χ2v) is 12.0. The van der Waals surface area contributed by atoms with Crippen LogP contribution in [0.1, 0.15) is 55.7 Å². The topological polar surface area (TPSA) is 66.8 Å². The Kier molecular flexibility index (Phi) is 12.0. The minimum Gasteiger partial charge on any atom is -1.00 e. The molecule has 8 heteroatoms. The third kappa shape index (κ3) is 7.54. The number of rotatable bonds is 11. The lowest BCUT2D eigenvalue weighted by atomic mass is 9.70. The normalized spacial score (nSPS) is 20.3. The van der Waals surface area contributed by atoms with Gasteiger partial charge in [0.25, 0.3) is 0 Å². The van der Waals surface area contributed by atoms with Crippen LogP contribution in [0.3, 0.4) is 0 Å². The van der Waals surface area contributed by atoms with E-state index in [1.54, 1.807) is 31.1 Å². The van der Waals surface area contributed by atoms with E-state index in [2.05, 4.69) is 0 Å². The Morgan fingerprint density at radius 1 is 0.929 bits per heavy atom. The second-order valence-electron chi connectivity index (χ2n) is 11.5. The van der Waals surface area contributed by atoms with Crippen molar-refractivity contribution in [3.05, 3.63) is 107 Å². The van der Waals surface area contributed by atoms with Crippen LogP contribution in [-0.2, 0) is 25.3 Å². The van der Waals surface area contributed by atoms with Crippen molar-refractivity contribution in [3.8, 4) is 0 Å². The molecule has 3 aromatic carbocycles. The Bertz CT molecular complexity index is 1250. The lowest BCUT2D eigenvalue weighted by Crippen LogP contribution is -3.00. The number of hydrogen-bond donors (Lipinski definition) is 1. The number of esters is 1. The lowest BCUT2D eigenvalue weighted by molar-refractivity contribution is -0.950. The van der Waals surface area contributed by atoms with Crippen LogP contribution in [0, 0.1) is 0 Å². The minimum atomic E-state index is -0.991. The Morgan fingerprint density at radius 2 is 1.45 bits per heavy atom. The van der Waals surface area contributed by atoms with Crippen molar-refractivity contribution >= 4 is 23.5 Å². The van der Waals surface area contributed by atoms with Crippen molar-refractivity contribution in [2.45, 2.75) is 50.0 Å². The van der Waals surface area contributed by atoms with Gasteiger partial charge in [0.05, 0.1) is 19.6 Å². The Labute approximate surface area is 272 Å². The zero-order valence-electron chi connectivity index (χ0n) is 24.8. The van der Waals surface area contributed by atoms with E-state index in [1.165, 1.54) is 0 Å². The lowest BCUT2D eigenvalue weighted by Gasteiger charge is -2.47. The van der Waals surface area contributed by atoms with E-state index in [0.29, 0.717) is 54.8 Å². The summed E-state index contributed by atoms with van der Waals surface area (Å²) < 4.78 is 6.32. The Hall–Kier alpha value is -2.46. The summed E-state index contributed by atoms with van der Waals surface area (Å²) in [6.07, 6.45) is 2.61. The molecule has 1 aliphatic heterocycles. The van der Waals surface area contributed by atoms with Gasteiger partial charge in [-0.05, 0) is 35.2 Å². The number of piperidine rings is 1. The molecule has 1 saturated heterocycles. The molecule has 1 heterocycles. The van der Waals surface area contributed by atoms with Gasteiger partial charge in [0.15, 0.2) is 0 Å². The molecule has 1 amide bonds. The standard InChI is InChI=1S/C34H42ClN2O4.HI/c1-4-11-31(38)41-26-37(23-20-33(40,21-24-37)27-16-18-30(35)19-17-27)25-22-34(32(39)36(2)3,28-12-7-5-8-13-28)29-14-9-6-10-15-29;/h5-10,12-19,40H,4,11,20-26H2,1-3H3;1H/q+1;/p-1. The Balaban J connectivity index is 0.00000484. The molecule has 0 radical (unpaired) electrons. The number of halogens is 2. The summed E-state index contributed by atoms with van der Waals surface area (Å²) in [7, 11) is 3.60. The second kappa shape index (κ2) is 14.8. The minimum absolute atomic E-state index is 0. The summed E-state index contributed by atoms with van der Waals surface area (Å²) in [5, 5.41) is 12.3. The van der Waals surface area contributed by atoms with Crippen molar-refractivity contribution in [1.82, 2.24) is 4.90 Å². The smallest absolute Gasteiger partial charge is 0.310 e. The van der Waals surface area contributed by atoms with E-state index in [4.69, 9.17) is 16.3 Å². The van der Waals surface area contributed by atoms with Gasteiger partial charge in [-0.25, -0.2) is 0 Å². The number of likely N-dealkylation sites (tertiary alicyclic amines) is 1. The number of carbonyl (C=O) groups excluding carboxylic acids is 2. The van der Waals surface area contributed by atoms with Crippen molar-refractivity contribution < 1.29 is 47.9 Å². The van der Waals surface area contributed by atoms with Gasteiger partial charge in [-0.15, -0.1) is 0 Å². The van der Waals surface area contributed by atoms with Gasteiger partial charge < -0.3 is 38.7 Å². The third-order valence-electron chi connectivity index (χ3n) is 8.60. The number of hydrogen-bond acceptors (Lipinski definition) is 4. The number of quaternary nitrogens is 1. The number of nitrogens with zero attached hydrogens (tertiary/aromatic N) is 2. The zero-order valence-corrected chi connectivity index (χ0v) is 27.7. The van der Waals surface area contributed by atoms with E-state index in [1.807, 2.05) is 79.7 Å². The third-order valence-corrected chi connectivity index (χ3v) is 8.85. The molecule has 0 aromatic heterocycles. The van der Waals surface area contributed by atoms with Crippen LogP contribution < -0.4 is 24.0 Å². The summed E-state index contributed by atoms with van der Waals surface area (Å²) in [6, 6.07) is 27.3. The highest BCUT2D eigenvalue weighted by Gasteiger charge is 2.48. The fourth-order valence-electron chi connectivity index (χ4n) is 6.07. The molecule has 0 saturated carbocycles. The quantitative estimate of drug-likeness (QED) is 0.190. The molecule has 0 aliphatic carbocycles. The molecule has 1 aliphatic rings. The largest absolute Gasteiger partial charge is 1.00 e. The van der Waals surface area contributed by atoms with E-state index >= 15 is 0 Å². The maximum atomic E-state index is 14.2. The van der Waals surface area contributed by atoms with Crippen LogP contribution in [-0.4, -0.2) is 66.8 Å². The number of carbonyl (C=O) groups is 2. The SMILES string of the molecule is CCCC(=O)OC[N+]1(CCC(C(=O)N(C)C)(c2ccccc2)c2ccccc2)CCC(O)(c2ccc(Cl)cc2)CC1.[I-]. The molecule has 226 valence electrons. The van der Waals surface area contributed by atoms with Crippen LogP contribution >= 0.6 is 11.6 Å². The molecule has 4 rings (SSSR count). The van der Waals surface area contributed by atoms with E-state index in [9.17, 15) is 14.7 Å². The van der Waals surface area contributed by atoms with Gasteiger partial charge in [0.2, 0.25) is 12.6 Å². The first kappa shape index (κ1) is 34.0. The summed E-state index contributed by atoms with van der Waals surface area (Å²) in [5.41, 5.74) is 0.791. The van der Waals surface area contributed by atoms with Gasteiger partial charge in [0.1, 0.15) is 11.0 Å². The van der Waals surface area contributed by atoms with Gasteiger partial charge in [-0.2, -0.15) is 0 Å². The highest BCUT2D eigenvalue weighted by Crippen LogP contribution is 2.41. The predicted octanol–water partition coefficient (Wildman–Crippen LogP) is 2.91. The average Bonchev–Trinajstić information content (AvgIpc) is 2.99. The number of likely N-dealkylation sites (N-methyl/N-ethyl adjacent to an activating group) is 1. The molecule has 0 unspecified atom stereocenters. The first-order valence-electron chi connectivity index (χ1n) is 14.5. The van der Waals surface area contributed by atoms with Crippen LogP contribution in [0.15, 0.2) is 84.9 Å². The fraction of sp³-hybridized carbons (Fsp3) is 0.412. The highest BCUT2D eigenvalue weighted by atomic mass is 127. The summed E-state index contributed by atoms with van der Waals surface area (Å²) in [4.78, 5) is 28.4. The molecule has 0 atom stereocenters. The molecule has 1 fully saturated rings. The summed E-state index contributed by atoms with van der Waals surface area (Å²) in [5.74, 6) is -0.212. The van der Waals surface area contributed by atoms with E-state index in [0.717, 1.165) is 23.1 Å². The van der Waals surface area contributed by atoms with Crippen molar-refractivity contribution in [1.29, 1.82) is 0 Å². The van der Waals surface area contributed by atoms with Gasteiger partial charge in [0, 0.05) is 44.8 Å². The maximum absolute atomic E-state index is 14.2. The van der Waals surface area contributed by atoms with Crippen molar-refractivity contribution in [2.75, 3.05) is 40.5 Å². The van der Waals surface area contributed by atoms with Gasteiger partial charge in [-0.1, -0.05) is 91.3 Å². The first-order chi connectivity index (χ1) is 19.6. The molecule has 0 spiro atoms. The monoisotopic (exact) mass is 704 g/mol. The molecular formula is C34H42ClIN2O4. The molecule has 1 N–H and O–H groups in total. The molecular weight excluding hydrogens is 663 g/mol. The zero-order chi connectivity index (χ0) is 29.5. The average molecular weight is 705 g/mol. The number of benzene rings is 3. The predicted molar refractivity (Wildman–Crippen MR) is 162 cm³/mol. The molecule has 3 aromatic rings. The number of amides is 1. The van der Waals surface area contributed by atoms with Crippen molar-refractivity contribution in [3.63, 3.8) is 0 Å². The van der Waals surface area contributed by atoms with Crippen LogP contribution in [0.5, 0.6) is 0 Å². The van der Waals surface area contributed by atoms with Crippen LogP contribution in [0.25, 0.3) is 0 Å². The fourth-order valence-corrected chi connectivity index (χ4v) is 6.20. The first-order valence-corrected chi connectivity index (χ1v) is 14.8. The van der Waals surface area contributed by atoms with Crippen molar-refractivity contribution in [2.24, 2.45) is 0 Å². The van der Waals surface area contributed by atoms with E-state index < -0.39 is 11.0 Å². The Morgan fingerprint density at radius 3 is 1.93 bits per heavy atom. The van der Waals surface area contributed by atoms with E-state index in [-0.39, 0.29) is 42.6 Å². The number of aliphatic hydroxyl groups is 1. The number of ether oxygens (including phenoxy) is 1. The molecule has 6 nitrogen and oxygen atoms in total. The van der Waals surface area contributed by atoms with Gasteiger partial charge in [-0.3, -0.25) is 14.1 Å². The summed E-state index contributed by atoms with van der Waals surface area (Å²) >= 11 is 6.11.